The van der Waals surface area contributed by atoms with Crippen LogP contribution in [0.3, 0.4) is 0 Å². The van der Waals surface area contributed by atoms with E-state index in [0.717, 1.165) is 21.3 Å². The van der Waals surface area contributed by atoms with Crippen molar-refractivity contribution in [1.82, 2.24) is 0 Å². The van der Waals surface area contributed by atoms with Gasteiger partial charge in [-0.05, 0) is 75.9 Å². The van der Waals surface area contributed by atoms with Crippen LogP contribution in [0.15, 0.2) is 59.1 Å². The average molecular weight is 491 g/mol. The topological polar surface area (TPSA) is 67.8 Å². The lowest BCUT2D eigenvalue weighted by atomic mass is 10.1. The van der Waals surface area contributed by atoms with E-state index in [2.05, 4.69) is 21.2 Å². The van der Waals surface area contributed by atoms with Gasteiger partial charge in [0.15, 0.2) is 11.5 Å². The fraction of sp³-hybridized carbons (Fsp3) is 0.174. The first-order valence-corrected chi connectivity index (χ1v) is 10.4. The van der Waals surface area contributed by atoms with E-state index < -0.39 is 5.97 Å². The zero-order valence-electron chi connectivity index (χ0n) is 16.5. The molecule has 3 aromatic carbocycles. The molecular weight excluding hydrogens is 470 g/mol. The van der Waals surface area contributed by atoms with Gasteiger partial charge in [0.1, 0.15) is 6.61 Å². The SMILES string of the molecule is COc1cc(CNc2cccc(C(=O)O)c2C)cc(Br)c1OCc1cccc(Cl)c1. The highest BCUT2D eigenvalue weighted by atomic mass is 79.9. The van der Waals surface area contributed by atoms with Gasteiger partial charge in [0.05, 0.1) is 17.1 Å². The number of anilines is 1. The molecule has 0 bridgehead atoms. The smallest absolute Gasteiger partial charge is 0.336 e. The van der Waals surface area contributed by atoms with E-state index in [1.54, 1.807) is 26.2 Å². The number of ether oxygens (including phenoxy) is 2. The van der Waals surface area contributed by atoms with E-state index in [1.807, 2.05) is 42.5 Å². The molecule has 0 aliphatic heterocycles. The molecule has 30 heavy (non-hydrogen) atoms. The maximum atomic E-state index is 11.3. The summed E-state index contributed by atoms with van der Waals surface area (Å²) in [7, 11) is 1.59. The van der Waals surface area contributed by atoms with Gasteiger partial charge in [0, 0.05) is 17.3 Å². The molecule has 0 saturated heterocycles. The Morgan fingerprint density at radius 3 is 2.60 bits per heavy atom. The molecule has 0 unspecified atom stereocenters. The number of halogens is 2. The van der Waals surface area contributed by atoms with Crippen LogP contribution in [-0.4, -0.2) is 18.2 Å². The monoisotopic (exact) mass is 489 g/mol. The quantitative estimate of drug-likeness (QED) is 0.387. The van der Waals surface area contributed by atoms with E-state index in [9.17, 15) is 9.90 Å². The molecule has 0 atom stereocenters. The average Bonchev–Trinajstić information content (AvgIpc) is 2.71. The van der Waals surface area contributed by atoms with Gasteiger partial charge in [-0.15, -0.1) is 0 Å². The number of carboxylic acid groups (broad SMARTS) is 1. The van der Waals surface area contributed by atoms with E-state index in [0.29, 0.717) is 35.2 Å². The number of nitrogens with one attached hydrogen (secondary N) is 1. The van der Waals surface area contributed by atoms with Crippen molar-refractivity contribution in [3.05, 3.63) is 86.3 Å². The molecule has 156 valence electrons. The number of methoxy groups -OCH3 is 1. The second kappa shape index (κ2) is 9.87. The minimum absolute atomic E-state index is 0.281. The Hall–Kier alpha value is -2.70. The van der Waals surface area contributed by atoms with Gasteiger partial charge in [0.25, 0.3) is 0 Å². The summed E-state index contributed by atoms with van der Waals surface area (Å²) in [5.41, 5.74) is 3.65. The number of rotatable bonds is 8. The van der Waals surface area contributed by atoms with Crippen molar-refractivity contribution in [3.8, 4) is 11.5 Å². The Bertz CT molecular complexity index is 1070. The third kappa shape index (κ3) is 5.26. The van der Waals surface area contributed by atoms with Crippen molar-refractivity contribution in [2.45, 2.75) is 20.1 Å². The Labute approximate surface area is 188 Å². The van der Waals surface area contributed by atoms with E-state index in [4.69, 9.17) is 21.1 Å². The standard InChI is InChI=1S/C23H21BrClNO4/c1-14-18(23(27)28)7-4-8-20(14)26-12-16-10-19(24)22(21(11-16)29-2)30-13-15-5-3-6-17(25)9-15/h3-11,26H,12-13H2,1-2H3,(H,27,28). The minimum atomic E-state index is -0.943. The Morgan fingerprint density at radius 1 is 1.13 bits per heavy atom. The molecule has 0 heterocycles. The summed E-state index contributed by atoms with van der Waals surface area (Å²) in [6, 6.07) is 16.5. The Kier molecular flexibility index (Phi) is 7.24. The molecule has 3 aromatic rings. The first kappa shape index (κ1) is 22.0. The van der Waals surface area contributed by atoms with E-state index in [1.165, 1.54) is 0 Å². The van der Waals surface area contributed by atoms with Crippen LogP contribution in [-0.2, 0) is 13.2 Å². The highest BCUT2D eigenvalue weighted by molar-refractivity contribution is 9.10. The van der Waals surface area contributed by atoms with Crippen molar-refractivity contribution < 1.29 is 19.4 Å². The lowest BCUT2D eigenvalue weighted by Gasteiger charge is -2.16. The van der Waals surface area contributed by atoms with E-state index in [-0.39, 0.29) is 5.56 Å². The lowest BCUT2D eigenvalue weighted by Crippen LogP contribution is -2.06. The van der Waals surface area contributed by atoms with Crippen LogP contribution in [0.5, 0.6) is 11.5 Å². The number of hydrogen-bond acceptors (Lipinski definition) is 4. The van der Waals surface area contributed by atoms with Crippen molar-refractivity contribution in [1.29, 1.82) is 0 Å². The van der Waals surface area contributed by atoms with Crippen LogP contribution in [0.2, 0.25) is 5.02 Å². The predicted octanol–water partition coefficient (Wildman–Crippen LogP) is 6.31. The second-order valence-corrected chi connectivity index (χ2v) is 7.96. The number of benzene rings is 3. The number of carboxylic acids is 1. The molecule has 0 saturated carbocycles. The van der Waals surface area contributed by atoms with Crippen molar-refractivity contribution in [2.75, 3.05) is 12.4 Å². The second-order valence-electron chi connectivity index (χ2n) is 6.66. The molecule has 0 fully saturated rings. The van der Waals surface area contributed by atoms with Gasteiger partial charge in [-0.1, -0.05) is 29.8 Å². The van der Waals surface area contributed by atoms with Crippen LogP contribution in [0.4, 0.5) is 5.69 Å². The molecule has 0 radical (unpaired) electrons. The summed E-state index contributed by atoms with van der Waals surface area (Å²) < 4.78 is 12.2. The Balaban J connectivity index is 1.75. The van der Waals surface area contributed by atoms with Gasteiger partial charge in [-0.2, -0.15) is 0 Å². The van der Waals surface area contributed by atoms with Crippen LogP contribution >= 0.6 is 27.5 Å². The van der Waals surface area contributed by atoms with Gasteiger partial charge in [-0.25, -0.2) is 4.79 Å². The lowest BCUT2D eigenvalue weighted by molar-refractivity contribution is 0.0696. The maximum absolute atomic E-state index is 11.3. The first-order chi connectivity index (χ1) is 14.4. The minimum Gasteiger partial charge on any atom is -0.493 e. The van der Waals surface area contributed by atoms with Gasteiger partial charge in [-0.3, -0.25) is 0 Å². The summed E-state index contributed by atoms with van der Waals surface area (Å²) in [6.45, 7) is 2.64. The molecular formula is C23H21BrClNO4. The van der Waals surface area contributed by atoms with Gasteiger partial charge < -0.3 is 19.9 Å². The van der Waals surface area contributed by atoms with Gasteiger partial charge >= 0.3 is 5.97 Å². The van der Waals surface area contributed by atoms with Crippen LogP contribution < -0.4 is 14.8 Å². The predicted molar refractivity (Wildman–Crippen MR) is 122 cm³/mol. The van der Waals surface area contributed by atoms with Gasteiger partial charge in [0.2, 0.25) is 0 Å². The molecule has 0 aromatic heterocycles. The molecule has 5 nitrogen and oxygen atoms in total. The zero-order chi connectivity index (χ0) is 21.7. The molecule has 7 heteroatoms. The third-order valence-corrected chi connectivity index (χ3v) is 5.43. The third-order valence-electron chi connectivity index (χ3n) is 4.61. The number of aromatic carboxylic acids is 1. The molecule has 0 amide bonds. The highest BCUT2D eigenvalue weighted by Crippen LogP contribution is 2.37. The molecule has 0 spiro atoms. The van der Waals surface area contributed by atoms with Crippen molar-refractivity contribution >= 4 is 39.2 Å². The summed E-state index contributed by atoms with van der Waals surface area (Å²) in [5, 5.41) is 13.2. The number of carbonyl (C=O) groups is 1. The van der Waals surface area contributed by atoms with E-state index >= 15 is 0 Å². The van der Waals surface area contributed by atoms with Crippen LogP contribution in [0.1, 0.15) is 27.0 Å². The molecule has 0 aliphatic rings. The summed E-state index contributed by atoms with van der Waals surface area (Å²) in [4.78, 5) is 11.3. The van der Waals surface area contributed by atoms with Crippen molar-refractivity contribution in [2.24, 2.45) is 0 Å². The van der Waals surface area contributed by atoms with Crippen molar-refractivity contribution in [3.63, 3.8) is 0 Å². The fourth-order valence-electron chi connectivity index (χ4n) is 3.05. The van der Waals surface area contributed by atoms with Crippen LogP contribution in [0, 0.1) is 6.92 Å². The zero-order valence-corrected chi connectivity index (χ0v) is 18.9. The first-order valence-electron chi connectivity index (χ1n) is 9.19. The molecule has 3 rings (SSSR count). The maximum Gasteiger partial charge on any atom is 0.336 e. The summed E-state index contributed by atoms with van der Waals surface area (Å²) >= 11 is 9.59. The molecule has 0 aliphatic carbocycles. The largest absolute Gasteiger partial charge is 0.493 e. The fourth-order valence-corrected chi connectivity index (χ4v) is 3.87. The Morgan fingerprint density at radius 2 is 1.90 bits per heavy atom. The number of hydrogen-bond donors (Lipinski definition) is 2. The summed E-state index contributed by atoms with van der Waals surface area (Å²) in [5.74, 6) is 0.256. The molecule has 2 N–H and O–H groups in total. The summed E-state index contributed by atoms with van der Waals surface area (Å²) in [6.07, 6.45) is 0. The highest BCUT2D eigenvalue weighted by Gasteiger charge is 2.14. The van der Waals surface area contributed by atoms with Crippen LogP contribution in [0.25, 0.3) is 0 Å². The normalized spacial score (nSPS) is 10.5.